The van der Waals surface area contributed by atoms with Crippen LogP contribution >= 0.6 is 0 Å². The van der Waals surface area contributed by atoms with Gasteiger partial charge < -0.3 is 0 Å². The second-order valence-corrected chi connectivity index (χ2v) is 6.59. The van der Waals surface area contributed by atoms with Gasteiger partial charge in [-0.05, 0) is 44.2 Å². The van der Waals surface area contributed by atoms with Crippen molar-refractivity contribution in [3.63, 3.8) is 0 Å². The van der Waals surface area contributed by atoms with Gasteiger partial charge in [-0.25, -0.2) is 14.1 Å². The summed E-state index contributed by atoms with van der Waals surface area (Å²) in [5, 5.41) is 4.18. The van der Waals surface area contributed by atoms with E-state index in [2.05, 4.69) is 10.1 Å². The number of halogens is 4. The molecule has 0 unspecified atom stereocenters. The monoisotopic (exact) mass is 385 g/mol. The Labute approximate surface area is 158 Å². The summed E-state index contributed by atoms with van der Waals surface area (Å²) < 4.78 is 56.0. The maximum atomic E-state index is 13.8. The molecule has 0 amide bonds. The maximum Gasteiger partial charge on any atom is 0.417 e. The summed E-state index contributed by atoms with van der Waals surface area (Å²) in [5.41, 5.74) is 1.68. The minimum atomic E-state index is -4.57. The summed E-state index contributed by atoms with van der Waals surface area (Å²) in [6.07, 6.45) is -4.57. The molecule has 0 radical (unpaired) electrons. The van der Waals surface area contributed by atoms with Gasteiger partial charge in [0.1, 0.15) is 5.82 Å². The van der Waals surface area contributed by atoms with Gasteiger partial charge in [-0.2, -0.15) is 18.3 Å². The number of fused-ring (bicyclic) bond motifs is 1. The standard InChI is InChI=1S/C21H15F4N3/c1-12-3-5-14(6-4-12)18-11-17(21(23,24)25)19-13(2)27-28(20(19)26-18)16-9-7-15(22)8-10-16/h3-11H,1-2H3. The van der Waals surface area contributed by atoms with Crippen LogP contribution in [0.5, 0.6) is 0 Å². The Morgan fingerprint density at radius 3 is 2.14 bits per heavy atom. The summed E-state index contributed by atoms with van der Waals surface area (Å²) >= 11 is 0. The molecule has 0 spiro atoms. The number of rotatable bonds is 2. The summed E-state index contributed by atoms with van der Waals surface area (Å²) in [5.74, 6) is -0.443. The molecule has 0 saturated heterocycles. The van der Waals surface area contributed by atoms with Crippen molar-refractivity contribution in [2.45, 2.75) is 20.0 Å². The Bertz CT molecular complexity index is 1160. The Hall–Kier alpha value is -3.22. The zero-order valence-corrected chi connectivity index (χ0v) is 15.0. The summed E-state index contributed by atoms with van der Waals surface area (Å²) in [7, 11) is 0. The normalized spacial score (nSPS) is 11.9. The van der Waals surface area contributed by atoms with Crippen molar-refractivity contribution in [1.82, 2.24) is 14.8 Å². The number of benzene rings is 2. The highest BCUT2D eigenvalue weighted by atomic mass is 19.4. The van der Waals surface area contributed by atoms with Crippen molar-refractivity contribution < 1.29 is 17.6 Å². The zero-order valence-electron chi connectivity index (χ0n) is 15.0. The molecule has 0 saturated carbocycles. The van der Waals surface area contributed by atoms with Gasteiger partial charge in [0.05, 0.1) is 28.0 Å². The van der Waals surface area contributed by atoms with Crippen LogP contribution in [-0.2, 0) is 6.18 Å². The van der Waals surface area contributed by atoms with Gasteiger partial charge in [-0.1, -0.05) is 29.8 Å². The van der Waals surface area contributed by atoms with E-state index in [-0.39, 0.29) is 22.4 Å². The molecule has 2 aromatic carbocycles. The van der Waals surface area contributed by atoms with E-state index in [0.29, 0.717) is 11.3 Å². The molecule has 28 heavy (non-hydrogen) atoms. The van der Waals surface area contributed by atoms with Crippen LogP contribution in [0.2, 0.25) is 0 Å². The van der Waals surface area contributed by atoms with E-state index in [1.807, 2.05) is 19.1 Å². The first-order valence-corrected chi connectivity index (χ1v) is 8.54. The number of aryl methyl sites for hydroxylation is 2. The minimum Gasteiger partial charge on any atom is -0.228 e. The number of nitrogens with zero attached hydrogens (tertiary/aromatic N) is 3. The number of alkyl halides is 3. The van der Waals surface area contributed by atoms with Crippen molar-refractivity contribution in [3.05, 3.63) is 77.2 Å². The molecule has 2 heterocycles. The molecule has 2 aromatic heterocycles. The van der Waals surface area contributed by atoms with Crippen molar-refractivity contribution >= 4 is 11.0 Å². The Kier molecular flexibility index (Phi) is 4.18. The highest BCUT2D eigenvalue weighted by Gasteiger charge is 2.35. The van der Waals surface area contributed by atoms with Crippen LogP contribution in [0.1, 0.15) is 16.8 Å². The predicted molar refractivity (Wildman–Crippen MR) is 98.7 cm³/mol. The van der Waals surface area contributed by atoms with Crippen molar-refractivity contribution in [2.24, 2.45) is 0 Å². The summed E-state index contributed by atoms with van der Waals surface area (Å²) in [4.78, 5) is 4.48. The summed E-state index contributed by atoms with van der Waals surface area (Å²) in [6.45, 7) is 3.40. The van der Waals surface area contributed by atoms with Crippen LogP contribution in [-0.4, -0.2) is 14.8 Å². The summed E-state index contributed by atoms with van der Waals surface area (Å²) in [6, 6.07) is 13.5. The van der Waals surface area contributed by atoms with Gasteiger partial charge in [-0.3, -0.25) is 0 Å². The molecule has 0 fully saturated rings. The molecule has 0 bridgehead atoms. The first-order chi connectivity index (χ1) is 13.2. The minimum absolute atomic E-state index is 0.0623. The Morgan fingerprint density at radius 2 is 1.54 bits per heavy atom. The van der Waals surface area contributed by atoms with Crippen molar-refractivity contribution in [1.29, 1.82) is 0 Å². The fraction of sp³-hybridized carbons (Fsp3) is 0.143. The predicted octanol–water partition coefficient (Wildman–Crippen LogP) is 5.86. The fourth-order valence-electron chi connectivity index (χ4n) is 3.15. The molecular weight excluding hydrogens is 370 g/mol. The lowest BCUT2D eigenvalue weighted by Crippen LogP contribution is -2.08. The van der Waals surface area contributed by atoms with Crippen LogP contribution in [0.15, 0.2) is 54.6 Å². The largest absolute Gasteiger partial charge is 0.417 e. The van der Waals surface area contributed by atoms with E-state index in [9.17, 15) is 17.6 Å². The first kappa shape index (κ1) is 18.2. The van der Waals surface area contributed by atoms with Crippen LogP contribution in [0.25, 0.3) is 28.0 Å². The topological polar surface area (TPSA) is 30.7 Å². The lowest BCUT2D eigenvalue weighted by atomic mass is 10.0. The van der Waals surface area contributed by atoms with Crippen molar-refractivity contribution in [2.75, 3.05) is 0 Å². The number of hydrogen-bond donors (Lipinski definition) is 0. The Balaban J connectivity index is 2.04. The van der Waals surface area contributed by atoms with Gasteiger partial charge in [0.2, 0.25) is 0 Å². The van der Waals surface area contributed by atoms with Crippen molar-refractivity contribution in [3.8, 4) is 16.9 Å². The zero-order chi connectivity index (χ0) is 20.1. The lowest BCUT2D eigenvalue weighted by molar-refractivity contribution is -0.136. The molecule has 0 aliphatic rings. The second-order valence-electron chi connectivity index (χ2n) is 6.59. The van der Waals surface area contributed by atoms with Gasteiger partial charge in [-0.15, -0.1) is 0 Å². The molecule has 3 nitrogen and oxygen atoms in total. The van der Waals surface area contributed by atoms with Crippen LogP contribution < -0.4 is 0 Å². The molecule has 0 atom stereocenters. The second kappa shape index (κ2) is 6.44. The highest BCUT2D eigenvalue weighted by Crippen LogP contribution is 2.38. The molecule has 142 valence electrons. The number of hydrogen-bond acceptors (Lipinski definition) is 2. The molecular formula is C21H15F4N3. The SMILES string of the molecule is Cc1ccc(-c2cc(C(F)(F)F)c3c(C)nn(-c4ccc(F)cc4)c3n2)cc1. The lowest BCUT2D eigenvalue weighted by Gasteiger charge is -2.12. The first-order valence-electron chi connectivity index (χ1n) is 8.54. The van der Waals surface area contributed by atoms with Crippen LogP contribution in [0, 0.1) is 19.7 Å². The Morgan fingerprint density at radius 1 is 0.893 bits per heavy atom. The number of pyridine rings is 1. The van der Waals surface area contributed by atoms with E-state index in [0.717, 1.165) is 11.6 Å². The highest BCUT2D eigenvalue weighted by molar-refractivity contribution is 5.87. The third-order valence-corrected chi connectivity index (χ3v) is 4.54. The molecule has 7 heteroatoms. The van der Waals surface area contributed by atoms with Crippen LogP contribution in [0.4, 0.5) is 17.6 Å². The average Bonchev–Trinajstić information content (AvgIpc) is 2.98. The average molecular weight is 385 g/mol. The van der Waals surface area contributed by atoms with Gasteiger partial charge in [0, 0.05) is 5.56 Å². The smallest absolute Gasteiger partial charge is 0.228 e. The van der Waals surface area contributed by atoms with E-state index < -0.39 is 17.6 Å². The number of aromatic nitrogens is 3. The quantitative estimate of drug-likeness (QED) is 0.405. The molecule has 0 N–H and O–H groups in total. The third-order valence-electron chi connectivity index (χ3n) is 4.54. The van der Waals surface area contributed by atoms with E-state index >= 15 is 0 Å². The molecule has 0 aliphatic heterocycles. The fourth-order valence-corrected chi connectivity index (χ4v) is 3.15. The van der Waals surface area contributed by atoms with Gasteiger partial charge in [0.15, 0.2) is 5.65 Å². The van der Waals surface area contributed by atoms with E-state index in [1.165, 1.54) is 35.9 Å². The van der Waals surface area contributed by atoms with Gasteiger partial charge in [0.25, 0.3) is 0 Å². The van der Waals surface area contributed by atoms with Gasteiger partial charge >= 0.3 is 6.18 Å². The molecule has 0 aliphatic carbocycles. The molecule has 4 aromatic rings. The third kappa shape index (κ3) is 3.13. The maximum absolute atomic E-state index is 13.8. The molecule has 4 rings (SSSR count). The van der Waals surface area contributed by atoms with E-state index in [4.69, 9.17) is 0 Å². The van der Waals surface area contributed by atoms with E-state index in [1.54, 1.807) is 12.1 Å². The van der Waals surface area contributed by atoms with Crippen LogP contribution in [0.3, 0.4) is 0 Å².